The fourth-order valence-electron chi connectivity index (χ4n) is 5.96. The van der Waals surface area contributed by atoms with E-state index in [2.05, 4.69) is 14.8 Å². The summed E-state index contributed by atoms with van der Waals surface area (Å²) in [5.74, 6) is -0.688. The van der Waals surface area contributed by atoms with Gasteiger partial charge in [0.05, 0.1) is 11.0 Å². The minimum absolute atomic E-state index is 0.126. The van der Waals surface area contributed by atoms with E-state index in [4.69, 9.17) is 4.74 Å². The number of carbonyl (C=O) groups excluding carboxylic acids is 2. The summed E-state index contributed by atoms with van der Waals surface area (Å²) in [7, 11) is 0. The van der Waals surface area contributed by atoms with Gasteiger partial charge in [0.25, 0.3) is 5.91 Å². The molecule has 1 aromatic rings. The van der Waals surface area contributed by atoms with Gasteiger partial charge in [0, 0.05) is 11.8 Å². The van der Waals surface area contributed by atoms with Crippen LogP contribution in [0.15, 0.2) is 18.2 Å². The van der Waals surface area contributed by atoms with Crippen LogP contribution in [-0.2, 0) is 14.3 Å². The first-order chi connectivity index (χ1) is 13.6. The van der Waals surface area contributed by atoms with Gasteiger partial charge < -0.3 is 24.6 Å². The van der Waals surface area contributed by atoms with E-state index in [1.54, 1.807) is 0 Å². The highest BCUT2D eigenvalue weighted by atomic mass is 19.3. The lowest BCUT2D eigenvalue weighted by Gasteiger charge is -2.58. The van der Waals surface area contributed by atoms with Crippen molar-refractivity contribution >= 4 is 17.6 Å². The summed E-state index contributed by atoms with van der Waals surface area (Å²) in [6.07, 6.45) is 0.572. The van der Waals surface area contributed by atoms with Crippen molar-refractivity contribution in [1.29, 1.82) is 0 Å². The van der Waals surface area contributed by atoms with Gasteiger partial charge in [-0.3, -0.25) is 9.59 Å². The molecule has 4 atom stereocenters. The van der Waals surface area contributed by atoms with Crippen molar-refractivity contribution in [1.82, 2.24) is 0 Å². The van der Waals surface area contributed by atoms with Crippen molar-refractivity contribution in [3.8, 4) is 11.5 Å². The number of ether oxygens (including phenoxy) is 3. The maximum atomic E-state index is 13.1. The number of carbonyl (C=O) groups is 2. The Bertz CT molecular complexity index is 874. The van der Waals surface area contributed by atoms with Crippen LogP contribution in [0.5, 0.6) is 11.5 Å². The molecule has 4 bridgehead atoms. The summed E-state index contributed by atoms with van der Waals surface area (Å²) >= 11 is 0. The van der Waals surface area contributed by atoms with Crippen LogP contribution in [0.1, 0.15) is 38.5 Å². The van der Waals surface area contributed by atoms with Gasteiger partial charge in [-0.25, -0.2) is 0 Å². The first kappa shape index (κ1) is 18.6. The zero-order valence-electron chi connectivity index (χ0n) is 15.6. The molecule has 156 valence electrons. The molecule has 0 saturated heterocycles. The predicted molar refractivity (Wildman–Crippen MR) is 94.3 cm³/mol. The zero-order chi connectivity index (χ0) is 20.4. The Morgan fingerprint density at radius 3 is 2.52 bits per heavy atom. The van der Waals surface area contributed by atoms with E-state index in [0.29, 0.717) is 31.1 Å². The third-order valence-electron chi connectivity index (χ3n) is 6.48. The Morgan fingerprint density at radius 1 is 1.14 bits per heavy atom. The summed E-state index contributed by atoms with van der Waals surface area (Å²) in [4.78, 5) is 25.0. The molecule has 1 heterocycles. The number of esters is 1. The van der Waals surface area contributed by atoms with Crippen molar-refractivity contribution in [3.05, 3.63) is 18.2 Å². The van der Waals surface area contributed by atoms with Crippen molar-refractivity contribution in [3.63, 3.8) is 0 Å². The maximum absolute atomic E-state index is 13.1. The predicted octanol–water partition coefficient (Wildman–Crippen LogP) is 2.82. The lowest BCUT2D eigenvalue weighted by atomic mass is 9.48. The Kier molecular flexibility index (Phi) is 3.87. The van der Waals surface area contributed by atoms with Gasteiger partial charge >= 0.3 is 12.3 Å². The van der Waals surface area contributed by atoms with Crippen LogP contribution in [-0.4, -0.2) is 35.5 Å². The molecule has 1 amide bonds. The highest BCUT2D eigenvalue weighted by Crippen LogP contribution is 2.62. The lowest BCUT2D eigenvalue weighted by Crippen LogP contribution is -2.58. The molecule has 6 rings (SSSR count). The number of fused-ring (bicyclic) bond motifs is 1. The molecule has 2 unspecified atom stereocenters. The summed E-state index contributed by atoms with van der Waals surface area (Å²) in [5.41, 5.74) is -1.28. The van der Waals surface area contributed by atoms with Crippen LogP contribution >= 0.6 is 0 Å². The zero-order valence-corrected chi connectivity index (χ0v) is 15.6. The number of benzene rings is 1. The number of amides is 1. The highest BCUT2D eigenvalue weighted by molar-refractivity contribution is 5.93. The minimum atomic E-state index is -3.73. The number of alkyl halides is 2. The van der Waals surface area contributed by atoms with E-state index in [-0.39, 0.29) is 17.2 Å². The number of aliphatic hydroxyl groups is 1. The molecule has 4 aliphatic carbocycles. The fourth-order valence-corrected chi connectivity index (χ4v) is 5.96. The molecule has 4 fully saturated rings. The number of rotatable bonds is 4. The molecule has 1 aromatic carbocycles. The molecule has 0 aromatic heterocycles. The van der Waals surface area contributed by atoms with Crippen molar-refractivity contribution in [2.45, 2.75) is 50.4 Å². The van der Waals surface area contributed by atoms with Crippen molar-refractivity contribution < 1.29 is 37.7 Å². The van der Waals surface area contributed by atoms with Gasteiger partial charge in [0.1, 0.15) is 0 Å². The van der Waals surface area contributed by atoms with Gasteiger partial charge in [-0.1, -0.05) is 0 Å². The number of halogens is 2. The number of nitrogens with one attached hydrogen (secondary N) is 1. The van der Waals surface area contributed by atoms with Crippen LogP contribution < -0.4 is 14.8 Å². The third-order valence-corrected chi connectivity index (χ3v) is 6.48. The Hall–Kier alpha value is -2.42. The molecule has 5 aliphatic rings. The van der Waals surface area contributed by atoms with E-state index >= 15 is 0 Å². The van der Waals surface area contributed by atoms with Crippen molar-refractivity contribution in [2.75, 3.05) is 11.9 Å². The van der Waals surface area contributed by atoms with Gasteiger partial charge in [0.15, 0.2) is 18.1 Å². The Morgan fingerprint density at radius 2 is 1.83 bits per heavy atom. The average molecular weight is 409 g/mol. The summed E-state index contributed by atoms with van der Waals surface area (Å²) in [6.45, 7) is -0.487. The van der Waals surface area contributed by atoms with Gasteiger partial charge in [-0.15, -0.1) is 8.78 Å². The Labute approximate surface area is 165 Å². The van der Waals surface area contributed by atoms with Crippen molar-refractivity contribution in [2.24, 2.45) is 17.3 Å². The molecule has 0 spiro atoms. The largest absolute Gasteiger partial charge is 0.586 e. The maximum Gasteiger partial charge on any atom is 0.586 e. The third kappa shape index (κ3) is 3.31. The molecule has 9 heteroatoms. The van der Waals surface area contributed by atoms with Gasteiger partial charge in [-0.05, 0) is 62.5 Å². The fraction of sp³-hybridized carbons (Fsp3) is 0.600. The van der Waals surface area contributed by atoms with Crippen LogP contribution in [0.2, 0.25) is 0 Å². The average Bonchev–Trinajstić information content (AvgIpc) is 2.90. The molecule has 29 heavy (non-hydrogen) atoms. The summed E-state index contributed by atoms with van der Waals surface area (Å²) < 4.78 is 40.1. The summed E-state index contributed by atoms with van der Waals surface area (Å²) in [5, 5.41) is 13.2. The lowest BCUT2D eigenvalue weighted by molar-refractivity contribution is -0.286. The molecule has 4 saturated carbocycles. The van der Waals surface area contributed by atoms with Crippen LogP contribution in [0.3, 0.4) is 0 Å². The molecule has 0 radical (unpaired) electrons. The second-order valence-corrected chi connectivity index (χ2v) is 8.92. The molecule has 7 nitrogen and oxygen atoms in total. The second-order valence-electron chi connectivity index (χ2n) is 8.92. The number of hydrogen-bond donors (Lipinski definition) is 2. The minimum Gasteiger partial charge on any atom is -0.455 e. The monoisotopic (exact) mass is 409 g/mol. The number of anilines is 1. The molecule has 1 aliphatic heterocycles. The van der Waals surface area contributed by atoms with Gasteiger partial charge in [-0.2, -0.15) is 0 Å². The topological polar surface area (TPSA) is 94.1 Å². The van der Waals surface area contributed by atoms with E-state index in [1.807, 2.05) is 0 Å². The second kappa shape index (κ2) is 6.04. The first-order valence-electron chi connectivity index (χ1n) is 9.73. The Balaban J connectivity index is 1.19. The quantitative estimate of drug-likeness (QED) is 0.743. The van der Waals surface area contributed by atoms with Crippen LogP contribution in [0.25, 0.3) is 0 Å². The molecular weight excluding hydrogens is 388 g/mol. The molecule has 2 N–H and O–H groups in total. The smallest absolute Gasteiger partial charge is 0.455 e. The van der Waals surface area contributed by atoms with E-state index in [1.165, 1.54) is 18.2 Å². The number of hydrogen-bond acceptors (Lipinski definition) is 6. The van der Waals surface area contributed by atoms with E-state index < -0.39 is 35.8 Å². The standard InChI is InChI=1S/C20H21F2NO6/c21-20(22)28-14-2-1-13(4-15(14)29-20)23-16(24)9-27-17(25)18-5-11-3-12(6-18)8-19(26,7-11)10-18/h1-2,4,11-12,26H,3,5-10H2,(H,23,24)/t11-,12+,18?,19?. The highest BCUT2D eigenvalue weighted by Gasteiger charge is 2.61. The van der Waals surface area contributed by atoms with E-state index in [0.717, 1.165) is 19.3 Å². The normalized spacial score (nSPS) is 35.4. The van der Waals surface area contributed by atoms with Crippen LogP contribution in [0, 0.1) is 17.3 Å². The SMILES string of the molecule is O=C(COC(=O)C12C[C@@H]3C[C@@H](CC(O)(C3)C1)C2)Nc1ccc2c(c1)OC(F)(F)O2. The van der Waals surface area contributed by atoms with E-state index in [9.17, 15) is 23.5 Å². The first-order valence-corrected chi connectivity index (χ1v) is 9.73. The van der Waals surface area contributed by atoms with Crippen LogP contribution in [0.4, 0.5) is 14.5 Å². The summed E-state index contributed by atoms with van der Waals surface area (Å²) in [6, 6.07) is 3.86. The van der Waals surface area contributed by atoms with Gasteiger partial charge in [0.2, 0.25) is 0 Å². The molecular formula is C20H21F2NO6.